The number of hydrogen-bond donors (Lipinski definition) is 2. The normalized spacial score (nSPS) is 13.2. The Bertz CT molecular complexity index is 1200. The third-order valence-corrected chi connectivity index (χ3v) is 6.05. The largest absolute Gasteiger partial charge is 0.454 e. The predicted octanol–water partition coefficient (Wildman–Crippen LogP) is 3.76. The first kappa shape index (κ1) is 19.8. The maximum atomic E-state index is 14.6. The van der Waals surface area contributed by atoms with Crippen molar-refractivity contribution in [3.8, 4) is 11.5 Å². The van der Waals surface area contributed by atoms with E-state index >= 15 is 0 Å². The van der Waals surface area contributed by atoms with E-state index in [0.29, 0.717) is 28.3 Å². The van der Waals surface area contributed by atoms with Crippen LogP contribution in [0.1, 0.15) is 16.7 Å². The Morgan fingerprint density at radius 1 is 1.00 bits per heavy atom. The Kier molecular flexibility index (Phi) is 5.37. The highest BCUT2D eigenvalue weighted by molar-refractivity contribution is 7.89. The molecule has 7 nitrogen and oxygen atoms in total. The first-order chi connectivity index (χ1) is 14.4. The Morgan fingerprint density at radius 2 is 1.77 bits per heavy atom. The zero-order valence-electron chi connectivity index (χ0n) is 15.8. The zero-order chi connectivity index (χ0) is 21.1. The number of benzene rings is 2. The molecule has 3 aromatic rings. The minimum absolute atomic E-state index is 0.0514. The summed E-state index contributed by atoms with van der Waals surface area (Å²) in [7, 11) is -3.46. The van der Waals surface area contributed by atoms with Gasteiger partial charge in [-0.05, 0) is 29.3 Å². The summed E-state index contributed by atoms with van der Waals surface area (Å²) in [5.74, 6) is -0.434. The van der Waals surface area contributed by atoms with Crippen LogP contribution in [0.15, 0.2) is 60.8 Å². The predicted molar refractivity (Wildman–Crippen MR) is 109 cm³/mol. The Morgan fingerprint density at radius 3 is 2.53 bits per heavy atom. The molecule has 1 aliphatic heterocycles. The van der Waals surface area contributed by atoms with Crippen LogP contribution in [-0.2, 0) is 27.9 Å². The number of urea groups is 1. The standard InChI is InChI=1S/C21H18FN3O4S/c22-17-10-15(13-30(27,28)12-14-4-2-1-3-5-14)6-7-19(17)29-18-8-9-23-20-16(18)11-24-21(26)25-20/h1-10H,11-13H2,(H2,23,24,25,26). The molecule has 4 rings (SSSR count). The zero-order valence-corrected chi connectivity index (χ0v) is 16.6. The van der Waals surface area contributed by atoms with Gasteiger partial charge in [-0.1, -0.05) is 36.4 Å². The van der Waals surface area contributed by atoms with Gasteiger partial charge in [0.05, 0.1) is 23.6 Å². The van der Waals surface area contributed by atoms with Crippen LogP contribution in [-0.4, -0.2) is 19.4 Å². The van der Waals surface area contributed by atoms with Crippen molar-refractivity contribution in [3.05, 3.63) is 83.3 Å². The topological polar surface area (TPSA) is 97.4 Å². The minimum Gasteiger partial charge on any atom is -0.454 e. The highest BCUT2D eigenvalue weighted by Gasteiger charge is 2.20. The summed E-state index contributed by atoms with van der Waals surface area (Å²) >= 11 is 0. The number of hydrogen-bond acceptors (Lipinski definition) is 5. The number of amides is 2. The van der Waals surface area contributed by atoms with Gasteiger partial charge >= 0.3 is 6.03 Å². The molecule has 0 spiro atoms. The first-order valence-electron chi connectivity index (χ1n) is 9.13. The lowest BCUT2D eigenvalue weighted by atomic mass is 10.2. The van der Waals surface area contributed by atoms with Crippen molar-refractivity contribution in [2.24, 2.45) is 0 Å². The van der Waals surface area contributed by atoms with Crippen molar-refractivity contribution in [1.82, 2.24) is 10.3 Å². The molecule has 30 heavy (non-hydrogen) atoms. The molecular formula is C21H18FN3O4S. The number of rotatable bonds is 6. The van der Waals surface area contributed by atoms with E-state index in [-0.39, 0.29) is 29.8 Å². The number of pyridine rings is 1. The summed E-state index contributed by atoms with van der Waals surface area (Å²) in [5.41, 5.74) is 1.61. The molecule has 2 aromatic carbocycles. The van der Waals surface area contributed by atoms with E-state index in [0.717, 1.165) is 6.07 Å². The molecule has 0 bridgehead atoms. The summed E-state index contributed by atoms with van der Waals surface area (Å²) in [5, 5.41) is 5.16. The molecule has 2 amide bonds. The molecule has 0 unspecified atom stereocenters. The SMILES string of the molecule is O=C1NCc2c(Oc3ccc(CS(=O)(=O)Cc4ccccc4)cc3F)ccnc2N1. The molecule has 0 saturated carbocycles. The van der Waals surface area contributed by atoms with Gasteiger partial charge in [-0.15, -0.1) is 0 Å². The second-order valence-electron chi connectivity index (χ2n) is 6.83. The lowest BCUT2D eigenvalue weighted by molar-refractivity contribution is 0.250. The summed E-state index contributed by atoms with van der Waals surface area (Å²) in [6.07, 6.45) is 1.45. The van der Waals surface area contributed by atoms with Crippen molar-refractivity contribution < 1.29 is 22.3 Å². The van der Waals surface area contributed by atoms with Crippen LogP contribution in [0.5, 0.6) is 11.5 Å². The number of carbonyl (C=O) groups excluding carboxylic acids is 1. The molecule has 1 aliphatic rings. The van der Waals surface area contributed by atoms with Crippen LogP contribution in [0.25, 0.3) is 0 Å². The molecule has 2 heterocycles. The summed E-state index contributed by atoms with van der Waals surface area (Å²) in [6, 6.07) is 14.1. The second-order valence-corrected chi connectivity index (χ2v) is 8.89. The monoisotopic (exact) mass is 427 g/mol. The smallest absolute Gasteiger partial charge is 0.320 e. The molecule has 2 N–H and O–H groups in total. The van der Waals surface area contributed by atoms with Gasteiger partial charge in [-0.3, -0.25) is 5.32 Å². The Labute approximate surface area is 172 Å². The maximum absolute atomic E-state index is 14.6. The Balaban J connectivity index is 1.50. The van der Waals surface area contributed by atoms with Crippen LogP contribution in [0, 0.1) is 5.82 Å². The van der Waals surface area contributed by atoms with E-state index in [2.05, 4.69) is 15.6 Å². The Hall–Kier alpha value is -3.46. The molecule has 0 saturated heterocycles. The van der Waals surface area contributed by atoms with Crippen molar-refractivity contribution >= 4 is 21.7 Å². The number of anilines is 1. The van der Waals surface area contributed by atoms with Gasteiger partial charge in [0.2, 0.25) is 0 Å². The number of aromatic nitrogens is 1. The van der Waals surface area contributed by atoms with E-state index < -0.39 is 15.7 Å². The van der Waals surface area contributed by atoms with Gasteiger partial charge < -0.3 is 10.1 Å². The number of halogens is 1. The number of ether oxygens (including phenoxy) is 1. The summed E-state index contributed by atoms with van der Waals surface area (Å²) in [6.45, 7) is 0.196. The number of nitrogens with one attached hydrogen (secondary N) is 2. The molecule has 0 atom stereocenters. The van der Waals surface area contributed by atoms with E-state index in [1.54, 1.807) is 30.3 Å². The minimum atomic E-state index is -3.46. The summed E-state index contributed by atoms with van der Waals surface area (Å²) < 4.78 is 45.2. The average molecular weight is 427 g/mol. The average Bonchev–Trinajstić information content (AvgIpc) is 2.70. The number of sulfone groups is 1. The summed E-state index contributed by atoms with van der Waals surface area (Å²) in [4.78, 5) is 15.5. The van der Waals surface area contributed by atoms with E-state index in [1.807, 2.05) is 6.07 Å². The third-order valence-electron chi connectivity index (χ3n) is 4.50. The van der Waals surface area contributed by atoms with Crippen molar-refractivity contribution in [3.63, 3.8) is 0 Å². The molecule has 154 valence electrons. The van der Waals surface area contributed by atoms with Gasteiger partial charge in [-0.25, -0.2) is 22.6 Å². The van der Waals surface area contributed by atoms with Crippen molar-refractivity contribution in [1.29, 1.82) is 0 Å². The first-order valence-corrected chi connectivity index (χ1v) is 11.0. The maximum Gasteiger partial charge on any atom is 0.320 e. The van der Waals surface area contributed by atoms with Crippen LogP contribution < -0.4 is 15.4 Å². The number of nitrogens with zero attached hydrogens (tertiary/aromatic N) is 1. The lowest BCUT2D eigenvalue weighted by Gasteiger charge is -2.20. The lowest BCUT2D eigenvalue weighted by Crippen LogP contribution is -2.34. The molecule has 1 aromatic heterocycles. The van der Waals surface area contributed by atoms with Crippen molar-refractivity contribution in [2.75, 3.05) is 5.32 Å². The molecule has 0 fully saturated rings. The molecular weight excluding hydrogens is 409 g/mol. The highest BCUT2D eigenvalue weighted by atomic mass is 32.2. The molecule has 0 aliphatic carbocycles. The fourth-order valence-corrected chi connectivity index (χ4v) is 4.63. The second kappa shape index (κ2) is 8.11. The van der Waals surface area contributed by atoms with Gasteiger partial charge in [0, 0.05) is 6.20 Å². The van der Waals surface area contributed by atoms with Crippen LogP contribution >= 0.6 is 0 Å². The van der Waals surface area contributed by atoms with E-state index in [4.69, 9.17) is 4.74 Å². The van der Waals surface area contributed by atoms with Gasteiger partial charge in [0.25, 0.3) is 0 Å². The number of fused-ring (bicyclic) bond motifs is 1. The van der Waals surface area contributed by atoms with Gasteiger partial charge in [0.1, 0.15) is 11.6 Å². The van der Waals surface area contributed by atoms with E-state index in [9.17, 15) is 17.6 Å². The van der Waals surface area contributed by atoms with Gasteiger partial charge in [0.15, 0.2) is 21.4 Å². The molecule has 0 radical (unpaired) electrons. The quantitative estimate of drug-likeness (QED) is 0.624. The fraction of sp³-hybridized carbons (Fsp3) is 0.143. The van der Waals surface area contributed by atoms with Crippen LogP contribution in [0.4, 0.5) is 15.0 Å². The van der Waals surface area contributed by atoms with E-state index in [1.165, 1.54) is 18.3 Å². The fourth-order valence-electron chi connectivity index (χ4n) is 3.14. The molecule has 9 heteroatoms. The number of carbonyl (C=O) groups is 1. The van der Waals surface area contributed by atoms with Crippen molar-refractivity contribution in [2.45, 2.75) is 18.1 Å². The highest BCUT2D eigenvalue weighted by Crippen LogP contribution is 2.32. The third kappa shape index (κ3) is 4.57. The van der Waals surface area contributed by atoms with Gasteiger partial charge in [-0.2, -0.15) is 0 Å². The van der Waals surface area contributed by atoms with Crippen LogP contribution in [0.3, 0.4) is 0 Å². The van der Waals surface area contributed by atoms with Crippen LogP contribution in [0.2, 0.25) is 0 Å².